The Bertz CT molecular complexity index is 699. The van der Waals surface area contributed by atoms with Crippen molar-refractivity contribution in [1.82, 2.24) is 14.8 Å². The Hall–Kier alpha value is -1.79. The first-order chi connectivity index (χ1) is 10.5. The van der Waals surface area contributed by atoms with Crippen LogP contribution in [-0.2, 0) is 17.1 Å². The summed E-state index contributed by atoms with van der Waals surface area (Å²) in [7, 11) is 0. The fourth-order valence-electron chi connectivity index (χ4n) is 1.74. The van der Waals surface area contributed by atoms with E-state index >= 15 is 0 Å². The van der Waals surface area contributed by atoms with E-state index in [-0.39, 0.29) is 5.91 Å². The highest BCUT2D eigenvalue weighted by atomic mass is 35.5. The minimum absolute atomic E-state index is 0.259. The zero-order chi connectivity index (χ0) is 16.1. The van der Waals surface area contributed by atoms with Gasteiger partial charge in [-0.25, -0.2) is 0 Å². The maximum absolute atomic E-state index is 11.7. The zero-order valence-electron chi connectivity index (χ0n) is 12.5. The number of halogens is 1. The van der Waals surface area contributed by atoms with Crippen molar-refractivity contribution in [2.24, 2.45) is 0 Å². The molecule has 0 fully saturated rings. The van der Waals surface area contributed by atoms with E-state index in [1.807, 2.05) is 35.8 Å². The number of thioether (sulfide) groups is 1. The van der Waals surface area contributed by atoms with Gasteiger partial charge in [-0.2, -0.15) is 0 Å². The summed E-state index contributed by atoms with van der Waals surface area (Å²) in [6.45, 7) is 7.89. The van der Waals surface area contributed by atoms with Gasteiger partial charge in [-0.05, 0) is 25.5 Å². The van der Waals surface area contributed by atoms with Crippen molar-refractivity contribution < 1.29 is 4.79 Å². The molecule has 1 amide bonds. The van der Waals surface area contributed by atoms with Crippen LogP contribution in [0.25, 0.3) is 0 Å². The molecule has 5 nitrogen and oxygen atoms in total. The summed E-state index contributed by atoms with van der Waals surface area (Å²) in [6.07, 6.45) is 0. The molecule has 0 atom stereocenters. The summed E-state index contributed by atoms with van der Waals surface area (Å²) < 4.78 is 1.85. The van der Waals surface area contributed by atoms with Gasteiger partial charge in [-0.15, -0.1) is 10.2 Å². The summed E-state index contributed by atoms with van der Waals surface area (Å²) >= 11 is 7.68. The lowest BCUT2D eigenvalue weighted by Gasteiger charge is -2.08. The highest BCUT2D eigenvalue weighted by molar-refractivity contribution is 7.98. The van der Waals surface area contributed by atoms with E-state index in [1.165, 1.54) is 11.8 Å². The van der Waals surface area contributed by atoms with Gasteiger partial charge in [-0.3, -0.25) is 14.7 Å². The predicted molar refractivity (Wildman–Crippen MR) is 90.2 cm³/mol. The third-order valence-electron chi connectivity index (χ3n) is 2.96. The van der Waals surface area contributed by atoms with E-state index in [1.54, 1.807) is 6.92 Å². The molecule has 1 aromatic carbocycles. The quantitative estimate of drug-likeness (QED) is 0.644. The SMILES string of the molecule is C=C(C)C(=O)Nc1nnc(SCc2ccccc2Cl)n1CC. The van der Waals surface area contributed by atoms with Crippen LogP contribution in [0.2, 0.25) is 5.02 Å². The predicted octanol–water partition coefficient (Wildman–Crippen LogP) is 3.76. The second-order valence-electron chi connectivity index (χ2n) is 4.66. The second kappa shape index (κ2) is 7.47. The summed E-state index contributed by atoms with van der Waals surface area (Å²) in [5.41, 5.74) is 1.46. The molecule has 0 radical (unpaired) electrons. The Morgan fingerprint density at radius 3 is 2.77 bits per heavy atom. The number of aromatic nitrogens is 3. The normalized spacial score (nSPS) is 10.5. The topological polar surface area (TPSA) is 59.8 Å². The molecule has 0 bridgehead atoms. The maximum Gasteiger partial charge on any atom is 0.253 e. The average Bonchev–Trinajstić information content (AvgIpc) is 2.88. The molecule has 1 aromatic heterocycles. The lowest BCUT2D eigenvalue weighted by Crippen LogP contribution is -2.16. The van der Waals surface area contributed by atoms with E-state index in [4.69, 9.17) is 11.6 Å². The standard InChI is InChI=1S/C15H17ClN4OS/c1-4-20-14(17-13(21)10(2)3)18-19-15(20)22-9-11-7-5-6-8-12(11)16/h5-8H,2,4,9H2,1,3H3,(H,17,18,21). The molecule has 0 saturated heterocycles. The number of nitrogens with one attached hydrogen (secondary N) is 1. The highest BCUT2D eigenvalue weighted by Crippen LogP contribution is 2.26. The smallest absolute Gasteiger partial charge is 0.253 e. The molecular weight excluding hydrogens is 320 g/mol. The Kier molecular flexibility index (Phi) is 5.63. The molecule has 7 heteroatoms. The van der Waals surface area contributed by atoms with Crippen LogP contribution in [0.3, 0.4) is 0 Å². The zero-order valence-corrected chi connectivity index (χ0v) is 14.0. The van der Waals surface area contributed by atoms with E-state index < -0.39 is 0 Å². The van der Waals surface area contributed by atoms with Crippen molar-refractivity contribution in [1.29, 1.82) is 0 Å². The van der Waals surface area contributed by atoms with Crippen LogP contribution < -0.4 is 5.32 Å². The first kappa shape index (κ1) is 16.6. The van der Waals surface area contributed by atoms with Crippen LogP contribution in [0, 0.1) is 0 Å². The van der Waals surface area contributed by atoms with Gasteiger partial charge >= 0.3 is 0 Å². The molecule has 116 valence electrons. The Labute approximate surface area is 138 Å². The number of hydrogen-bond acceptors (Lipinski definition) is 4. The number of carbonyl (C=O) groups excluding carboxylic acids is 1. The van der Waals surface area contributed by atoms with Crippen molar-refractivity contribution in [2.45, 2.75) is 31.3 Å². The molecule has 0 unspecified atom stereocenters. The minimum Gasteiger partial charge on any atom is -0.291 e. The van der Waals surface area contributed by atoms with Crippen molar-refractivity contribution in [2.75, 3.05) is 5.32 Å². The third kappa shape index (κ3) is 3.90. The number of amides is 1. The van der Waals surface area contributed by atoms with E-state index in [0.29, 0.717) is 23.8 Å². The maximum atomic E-state index is 11.7. The largest absolute Gasteiger partial charge is 0.291 e. The van der Waals surface area contributed by atoms with Gasteiger partial charge in [-0.1, -0.05) is 48.1 Å². The van der Waals surface area contributed by atoms with Crippen LogP contribution in [-0.4, -0.2) is 20.7 Å². The molecule has 0 aliphatic rings. The molecule has 1 N–H and O–H groups in total. The van der Waals surface area contributed by atoms with Crippen molar-refractivity contribution in [3.63, 3.8) is 0 Å². The van der Waals surface area contributed by atoms with Gasteiger partial charge in [0.05, 0.1) is 0 Å². The number of benzene rings is 1. The lowest BCUT2D eigenvalue weighted by molar-refractivity contribution is -0.112. The summed E-state index contributed by atoms with van der Waals surface area (Å²) in [4.78, 5) is 11.7. The van der Waals surface area contributed by atoms with Gasteiger partial charge in [0.25, 0.3) is 5.91 Å². The van der Waals surface area contributed by atoms with Crippen molar-refractivity contribution >= 4 is 35.2 Å². The minimum atomic E-state index is -0.259. The molecule has 2 aromatic rings. The number of hydrogen-bond donors (Lipinski definition) is 1. The molecule has 0 aliphatic heterocycles. The fourth-order valence-corrected chi connectivity index (χ4v) is 3.03. The molecule has 0 aliphatic carbocycles. The fraction of sp³-hybridized carbons (Fsp3) is 0.267. The average molecular weight is 337 g/mol. The molecule has 1 heterocycles. The Morgan fingerprint density at radius 1 is 1.41 bits per heavy atom. The van der Waals surface area contributed by atoms with Crippen molar-refractivity contribution in [3.8, 4) is 0 Å². The van der Waals surface area contributed by atoms with Gasteiger partial charge in [0, 0.05) is 22.9 Å². The van der Waals surface area contributed by atoms with Gasteiger partial charge in [0.1, 0.15) is 0 Å². The van der Waals surface area contributed by atoms with Crippen LogP contribution in [0.5, 0.6) is 0 Å². The summed E-state index contributed by atoms with van der Waals surface area (Å²) in [5.74, 6) is 0.855. The second-order valence-corrected chi connectivity index (χ2v) is 6.01. The first-order valence-corrected chi connectivity index (χ1v) is 8.15. The molecule has 0 spiro atoms. The van der Waals surface area contributed by atoms with E-state index in [9.17, 15) is 4.79 Å². The summed E-state index contributed by atoms with van der Waals surface area (Å²) in [5, 5.41) is 12.3. The van der Waals surface area contributed by atoms with E-state index in [0.717, 1.165) is 15.7 Å². The van der Waals surface area contributed by atoms with Crippen molar-refractivity contribution in [3.05, 3.63) is 47.0 Å². The molecule has 2 rings (SSSR count). The number of rotatable bonds is 6. The number of anilines is 1. The summed E-state index contributed by atoms with van der Waals surface area (Å²) in [6, 6.07) is 7.69. The highest BCUT2D eigenvalue weighted by Gasteiger charge is 2.14. The number of nitrogens with zero attached hydrogens (tertiary/aromatic N) is 3. The van der Waals surface area contributed by atoms with Crippen LogP contribution >= 0.6 is 23.4 Å². The third-order valence-corrected chi connectivity index (χ3v) is 4.34. The Balaban J connectivity index is 2.12. The van der Waals surface area contributed by atoms with Crippen LogP contribution in [0.1, 0.15) is 19.4 Å². The molecular formula is C15H17ClN4OS. The van der Waals surface area contributed by atoms with Crippen LogP contribution in [0.15, 0.2) is 41.6 Å². The van der Waals surface area contributed by atoms with E-state index in [2.05, 4.69) is 22.1 Å². The first-order valence-electron chi connectivity index (χ1n) is 6.79. The van der Waals surface area contributed by atoms with Gasteiger partial charge in [0.15, 0.2) is 5.16 Å². The molecule has 0 saturated carbocycles. The monoisotopic (exact) mass is 336 g/mol. The molecule has 22 heavy (non-hydrogen) atoms. The van der Waals surface area contributed by atoms with Gasteiger partial charge < -0.3 is 0 Å². The van der Waals surface area contributed by atoms with Gasteiger partial charge in [0.2, 0.25) is 5.95 Å². The lowest BCUT2D eigenvalue weighted by atomic mass is 10.2. The number of carbonyl (C=O) groups is 1. The Morgan fingerprint density at radius 2 is 2.14 bits per heavy atom. The van der Waals surface area contributed by atoms with Crippen LogP contribution in [0.4, 0.5) is 5.95 Å².